The van der Waals surface area contributed by atoms with Gasteiger partial charge in [-0.1, -0.05) is 62.4 Å². The van der Waals surface area contributed by atoms with E-state index < -0.39 is 6.04 Å². The molecule has 1 aliphatic rings. The van der Waals surface area contributed by atoms with Gasteiger partial charge in [-0.3, -0.25) is 9.59 Å². The van der Waals surface area contributed by atoms with Gasteiger partial charge in [0.15, 0.2) is 11.5 Å². The lowest BCUT2D eigenvalue weighted by Gasteiger charge is -2.27. The van der Waals surface area contributed by atoms with E-state index in [1.54, 1.807) is 11.9 Å². The molecule has 3 aromatic carbocycles. The number of ether oxygens (including phenoxy) is 2. The predicted octanol–water partition coefficient (Wildman–Crippen LogP) is 3.91. The van der Waals surface area contributed by atoms with Crippen molar-refractivity contribution in [1.82, 2.24) is 10.2 Å². The first-order chi connectivity index (χ1) is 15.4. The third kappa shape index (κ3) is 4.69. The first-order valence-corrected chi connectivity index (χ1v) is 10.8. The molecule has 0 saturated carbocycles. The smallest absolute Gasteiger partial charge is 0.245 e. The number of fused-ring (bicyclic) bond motifs is 2. The van der Waals surface area contributed by atoms with Gasteiger partial charge in [0.25, 0.3) is 0 Å². The Labute approximate surface area is 188 Å². The minimum atomic E-state index is -0.600. The number of amides is 2. The molecule has 166 valence electrons. The van der Waals surface area contributed by atoms with Crippen molar-refractivity contribution in [2.75, 3.05) is 13.8 Å². The number of nitrogens with zero attached hydrogens (tertiary/aromatic N) is 1. The van der Waals surface area contributed by atoms with Crippen LogP contribution in [0.15, 0.2) is 60.7 Å². The van der Waals surface area contributed by atoms with Crippen LogP contribution in [0.3, 0.4) is 0 Å². The van der Waals surface area contributed by atoms with Gasteiger partial charge in [0, 0.05) is 13.6 Å². The molecule has 1 heterocycles. The zero-order valence-electron chi connectivity index (χ0n) is 18.6. The first-order valence-electron chi connectivity index (χ1n) is 10.8. The zero-order valence-corrected chi connectivity index (χ0v) is 18.6. The molecule has 0 aliphatic carbocycles. The molecule has 3 aromatic rings. The van der Waals surface area contributed by atoms with Crippen molar-refractivity contribution in [3.05, 3.63) is 71.8 Å². The Hall–Kier alpha value is -3.54. The fraction of sp³-hybridized carbons (Fsp3) is 0.308. The van der Waals surface area contributed by atoms with Crippen LogP contribution < -0.4 is 14.8 Å². The second-order valence-corrected chi connectivity index (χ2v) is 8.49. The molecular weight excluding hydrogens is 404 g/mol. The van der Waals surface area contributed by atoms with Gasteiger partial charge in [-0.25, -0.2) is 0 Å². The summed E-state index contributed by atoms with van der Waals surface area (Å²) in [4.78, 5) is 27.7. The summed E-state index contributed by atoms with van der Waals surface area (Å²) >= 11 is 0. The lowest BCUT2D eigenvalue weighted by Crippen LogP contribution is -2.50. The van der Waals surface area contributed by atoms with E-state index >= 15 is 0 Å². The Balaban J connectivity index is 1.43. The summed E-state index contributed by atoms with van der Waals surface area (Å²) < 4.78 is 10.8. The number of carbonyl (C=O) groups excluding carboxylic acids is 2. The molecule has 6 nitrogen and oxygen atoms in total. The fourth-order valence-corrected chi connectivity index (χ4v) is 3.99. The molecule has 1 atom stereocenters. The summed E-state index contributed by atoms with van der Waals surface area (Å²) in [5.74, 6) is 1.07. The second-order valence-electron chi connectivity index (χ2n) is 8.49. The number of carbonyl (C=O) groups is 2. The number of likely N-dealkylation sites (N-methyl/N-ethyl adjacent to an activating group) is 1. The minimum Gasteiger partial charge on any atom is -0.454 e. The Morgan fingerprint density at radius 3 is 2.56 bits per heavy atom. The maximum atomic E-state index is 13.2. The highest BCUT2D eigenvalue weighted by atomic mass is 16.7. The van der Waals surface area contributed by atoms with Gasteiger partial charge in [0.05, 0.1) is 6.42 Å². The van der Waals surface area contributed by atoms with Gasteiger partial charge in [-0.2, -0.15) is 0 Å². The zero-order chi connectivity index (χ0) is 22.7. The van der Waals surface area contributed by atoms with Crippen molar-refractivity contribution >= 4 is 22.6 Å². The standard InChI is InChI=1S/C26H28N2O4/c1-17(2)25(26(30)28(3)15-18-11-12-22-23(13-18)32-16-31-22)27-24(29)14-20-9-6-8-19-7-4-5-10-21(19)20/h4-13,17,25H,14-16H2,1-3H3,(H,27,29). The van der Waals surface area contributed by atoms with E-state index in [4.69, 9.17) is 9.47 Å². The summed E-state index contributed by atoms with van der Waals surface area (Å²) in [5, 5.41) is 5.11. The van der Waals surface area contributed by atoms with Crippen LogP contribution in [0.4, 0.5) is 0 Å². The number of hydrogen-bond acceptors (Lipinski definition) is 4. The Kier molecular flexibility index (Phi) is 6.30. The van der Waals surface area contributed by atoms with Gasteiger partial charge in [0.2, 0.25) is 18.6 Å². The van der Waals surface area contributed by atoms with Crippen LogP contribution in [-0.4, -0.2) is 36.6 Å². The van der Waals surface area contributed by atoms with Crippen LogP contribution >= 0.6 is 0 Å². The van der Waals surface area contributed by atoms with Crippen LogP contribution in [0.25, 0.3) is 10.8 Å². The highest BCUT2D eigenvalue weighted by Crippen LogP contribution is 2.32. The third-order valence-electron chi connectivity index (χ3n) is 5.71. The van der Waals surface area contributed by atoms with Crippen molar-refractivity contribution in [2.45, 2.75) is 32.9 Å². The average molecular weight is 433 g/mol. The van der Waals surface area contributed by atoms with Crippen molar-refractivity contribution in [3.8, 4) is 11.5 Å². The lowest BCUT2D eigenvalue weighted by atomic mass is 10.00. The molecule has 4 rings (SSSR count). The maximum Gasteiger partial charge on any atom is 0.245 e. The van der Waals surface area contributed by atoms with Crippen LogP contribution in [0.5, 0.6) is 11.5 Å². The molecular formula is C26H28N2O4. The van der Waals surface area contributed by atoms with E-state index in [0.29, 0.717) is 18.0 Å². The fourth-order valence-electron chi connectivity index (χ4n) is 3.99. The second kappa shape index (κ2) is 9.30. The van der Waals surface area contributed by atoms with Crippen molar-refractivity contribution in [2.24, 2.45) is 5.92 Å². The van der Waals surface area contributed by atoms with E-state index in [1.165, 1.54) is 0 Å². The Morgan fingerprint density at radius 1 is 1.00 bits per heavy atom. The first kappa shape index (κ1) is 21.7. The lowest BCUT2D eigenvalue weighted by molar-refractivity contribution is -0.136. The molecule has 0 radical (unpaired) electrons. The highest BCUT2D eigenvalue weighted by molar-refractivity contribution is 5.92. The average Bonchev–Trinajstić information content (AvgIpc) is 3.25. The molecule has 0 spiro atoms. The number of rotatable bonds is 7. The molecule has 1 N–H and O–H groups in total. The van der Waals surface area contributed by atoms with Crippen LogP contribution in [-0.2, 0) is 22.6 Å². The van der Waals surface area contributed by atoms with Gasteiger partial charge in [-0.05, 0) is 39.9 Å². The summed E-state index contributed by atoms with van der Waals surface area (Å²) in [5.41, 5.74) is 1.89. The van der Waals surface area contributed by atoms with E-state index in [1.807, 2.05) is 74.5 Å². The normalized spacial score (nSPS) is 13.2. The predicted molar refractivity (Wildman–Crippen MR) is 123 cm³/mol. The molecule has 0 saturated heterocycles. The van der Waals surface area contributed by atoms with Gasteiger partial charge >= 0.3 is 0 Å². The van der Waals surface area contributed by atoms with Gasteiger partial charge in [-0.15, -0.1) is 0 Å². The highest BCUT2D eigenvalue weighted by Gasteiger charge is 2.27. The molecule has 2 amide bonds. The Morgan fingerprint density at radius 2 is 1.75 bits per heavy atom. The number of benzene rings is 3. The van der Waals surface area contributed by atoms with Crippen LogP contribution in [0.1, 0.15) is 25.0 Å². The van der Waals surface area contributed by atoms with E-state index in [2.05, 4.69) is 5.32 Å². The minimum absolute atomic E-state index is 0.0434. The Bertz CT molecular complexity index is 1140. The van der Waals surface area contributed by atoms with Crippen molar-refractivity contribution in [3.63, 3.8) is 0 Å². The quantitative estimate of drug-likeness (QED) is 0.615. The van der Waals surface area contributed by atoms with Crippen LogP contribution in [0.2, 0.25) is 0 Å². The van der Waals surface area contributed by atoms with Crippen molar-refractivity contribution in [1.29, 1.82) is 0 Å². The molecule has 32 heavy (non-hydrogen) atoms. The molecule has 1 unspecified atom stereocenters. The molecule has 6 heteroatoms. The SMILES string of the molecule is CC(C)C(NC(=O)Cc1cccc2ccccc12)C(=O)N(C)Cc1ccc2c(c1)OCO2. The monoisotopic (exact) mass is 432 g/mol. The van der Waals surface area contributed by atoms with Gasteiger partial charge in [0.1, 0.15) is 6.04 Å². The van der Waals surface area contributed by atoms with E-state index in [0.717, 1.165) is 21.9 Å². The summed E-state index contributed by atoms with van der Waals surface area (Å²) in [7, 11) is 1.75. The summed E-state index contributed by atoms with van der Waals surface area (Å²) in [6.45, 7) is 4.51. The number of hydrogen-bond donors (Lipinski definition) is 1. The third-order valence-corrected chi connectivity index (χ3v) is 5.71. The number of nitrogens with one attached hydrogen (secondary N) is 1. The molecule has 0 bridgehead atoms. The van der Waals surface area contributed by atoms with E-state index in [9.17, 15) is 9.59 Å². The maximum absolute atomic E-state index is 13.2. The topological polar surface area (TPSA) is 67.9 Å². The largest absolute Gasteiger partial charge is 0.454 e. The molecule has 0 aromatic heterocycles. The summed E-state index contributed by atoms with van der Waals surface area (Å²) in [6, 6.07) is 19.0. The molecule has 0 fully saturated rings. The molecule has 1 aliphatic heterocycles. The van der Waals surface area contributed by atoms with Crippen molar-refractivity contribution < 1.29 is 19.1 Å². The van der Waals surface area contributed by atoms with Crippen LogP contribution in [0, 0.1) is 5.92 Å². The summed E-state index contributed by atoms with van der Waals surface area (Å²) in [6.07, 6.45) is 0.226. The van der Waals surface area contributed by atoms with E-state index in [-0.39, 0.29) is 30.9 Å². The van der Waals surface area contributed by atoms with Gasteiger partial charge < -0.3 is 19.7 Å².